The molecule has 0 atom stereocenters. The minimum atomic E-state index is 0.411. The van der Waals surface area contributed by atoms with Crippen LogP contribution in [0.3, 0.4) is 0 Å². The van der Waals surface area contributed by atoms with Gasteiger partial charge in [0.1, 0.15) is 0 Å². The first-order chi connectivity index (χ1) is 48.4. The first-order valence-corrected chi connectivity index (χ1v) is 32.5. The fourth-order valence-corrected chi connectivity index (χ4v) is 14.0. The smallest absolute Gasteiger partial charge is 0.164 e. The van der Waals surface area contributed by atoms with E-state index >= 15 is 0 Å². The molecule has 17 aromatic rings. The van der Waals surface area contributed by atoms with Gasteiger partial charge in [0.25, 0.3) is 0 Å². The fraction of sp³-hybridized carbons (Fsp3) is 0. The summed E-state index contributed by atoms with van der Waals surface area (Å²) in [5, 5.41) is 36.1. The highest BCUT2D eigenvalue weighted by Gasteiger charge is 2.24. The lowest BCUT2D eigenvalue weighted by Crippen LogP contribution is -2.03. The maximum Gasteiger partial charge on any atom is 0.164 e. The molecule has 98 heavy (non-hydrogen) atoms. The molecule has 0 aliphatic carbocycles. The van der Waals surface area contributed by atoms with E-state index in [2.05, 4.69) is 234 Å². The van der Waals surface area contributed by atoms with Crippen molar-refractivity contribution in [2.75, 3.05) is 0 Å². The van der Waals surface area contributed by atoms with Gasteiger partial charge in [0, 0.05) is 60.5 Å². The van der Waals surface area contributed by atoms with Gasteiger partial charge in [0.05, 0.1) is 68.3 Å². The molecular formula is C90H54N8. The van der Waals surface area contributed by atoms with Gasteiger partial charge in [-0.25, -0.2) is 15.0 Å². The summed E-state index contributed by atoms with van der Waals surface area (Å²) in [6.07, 6.45) is 0. The van der Waals surface area contributed by atoms with E-state index < -0.39 is 0 Å². The summed E-state index contributed by atoms with van der Waals surface area (Å²) in [5.74, 6) is 1.26. The van der Waals surface area contributed by atoms with Gasteiger partial charge in [-0.3, -0.25) is 0 Å². The van der Waals surface area contributed by atoms with Crippen molar-refractivity contribution in [2.45, 2.75) is 0 Å². The summed E-state index contributed by atoms with van der Waals surface area (Å²) in [7, 11) is 0. The van der Waals surface area contributed by atoms with Crippen LogP contribution < -0.4 is 0 Å². The molecule has 0 aliphatic rings. The van der Waals surface area contributed by atoms with Crippen LogP contribution in [0.15, 0.2) is 328 Å². The molecule has 0 spiro atoms. The first kappa shape index (κ1) is 58.0. The van der Waals surface area contributed by atoms with Crippen molar-refractivity contribution in [3.05, 3.63) is 344 Å². The standard InChI is InChI=1S/C90H54N8/c91-55-58-18-17-29-65(48-58)63-32-34-64(35-33-63)88-94-89(70-40-46-82(76(53-70)74-30-15-13-27-72(74)56-92)97-84-42-36-66(59-19-5-1-6-20-59)49-78(84)79-50-67(37-43-85(79)97)60-21-7-2-8-22-60)96-90(95-88)71-41-47-83(77(54-71)75-31-16-14-28-73(75)57-93)98-86-44-38-68(61-23-9-3-10-24-61)51-80(86)81-52-69(39-45-87(81)98)62-25-11-4-12-26-62/h1-54H. The van der Waals surface area contributed by atoms with Crippen LogP contribution >= 0.6 is 0 Å². The van der Waals surface area contributed by atoms with E-state index in [-0.39, 0.29) is 0 Å². The van der Waals surface area contributed by atoms with Crippen molar-refractivity contribution in [3.63, 3.8) is 0 Å². The zero-order valence-electron chi connectivity index (χ0n) is 52.8. The predicted molar refractivity (Wildman–Crippen MR) is 397 cm³/mol. The summed E-state index contributed by atoms with van der Waals surface area (Å²) in [6, 6.07) is 120. The second-order valence-electron chi connectivity index (χ2n) is 24.4. The largest absolute Gasteiger partial charge is 0.309 e. The third-order valence-corrected chi connectivity index (χ3v) is 18.7. The molecule has 0 aliphatic heterocycles. The Balaban J connectivity index is 0.886. The molecule has 0 unspecified atom stereocenters. The normalized spacial score (nSPS) is 11.2. The zero-order valence-corrected chi connectivity index (χ0v) is 52.8. The van der Waals surface area contributed by atoms with Crippen LogP contribution in [0.2, 0.25) is 0 Å². The summed E-state index contributed by atoms with van der Waals surface area (Å²) < 4.78 is 4.65. The Labute approximate surface area is 566 Å². The van der Waals surface area contributed by atoms with Gasteiger partial charge < -0.3 is 9.13 Å². The third kappa shape index (κ3) is 10.4. The Bertz CT molecular complexity index is 5610. The minimum Gasteiger partial charge on any atom is -0.309 e. The van der Waals surface area contributed by atoms with Crippen LogP contribution in [0.1, 0.15) is 16.7 Å². The van der Waals surface area contributed by atoms with Crippen LogP contribution in [0.5, 0.6) is 0 Å². The first-order valence-electron chi connectivity index (χ1n) is 32.5. The highest BCUT2D eigenvalue weighted by molar-refractivity contribution is 6.14. The highest BCUT2D eigenvalue weighted by atomic mass is 15.0. The van der Waals surface area contributed by atoms with Crippen molar-refractivity contribution < 1.29 is 0 Å². The number of nitriles is 3. The number of nitrogens with zero attached hydrogens (tertiary/aromatic N) is 8. The van der Waals surface area contributed by atoms with Crippen molar-refractivity contribution in [1.82, 2.24) is 24.1 Å². The van der Waals surface area contributed by atoms with Crippen LogP contribution in [0, 0.1) is 34.0 Å². The lowest BCUT2D eigenvalue weighted by atomic mass is 9.95. The van der Waals surface area contributed by atoms with Gasteiger partial charge in [0.15, 0.2) is 17.5 Å². The van der Waals surface area contributed by atoms with Crippen LogP contribution in [0.4, 0.5) is 0 Å². The molecule has 0 fully saturated rings. The predicted octanol–water partition coefficient (Wildman–Crippen LogP) is 22.4. The maximum atomic E-state index is 11.0. The van der Waals surface area contributed by atoms with E-state index in [1.165, 1.54) is 0 Å². The molecule has 454 valence electrons. The molecule has 3 heterocycles. The average molecular weight is 1250 g/mol. The monoisotopic (exact) mass is 1250 g/mol. The van der Waals surface area contributed by atoms with Crippen LogP contribution in [-0.2, 0) is 0 Å². The van der Waals surface area contributed by atoms with Crippen molar-refractivity contribution >= 4 is 43.6 Å². The third-order valence-electron chi connectivity index (χ3n) is 18.7. The molecule has 0 radical (unpaired) electrons. The minimum absolute atomic E-state index is 0.411. The second-order valence-corrected chi connectivity index (χ2v) is 24.4. The molecule has 3 aromatic heterocycles. The number of benzene rings is 14. The second kappa shape index (κ2) is 24.6. The topological polar surface area (TPSA) is 120 Å². The van der Waals surface area contributed by atoms with Gasteiger partial charge in [0.2, 0.25) is 0 Å². The summed E-state index contributed by atoms with van der Waals surface area (Å²) in [4.78, 5) is 16.2. The average Bonchev–Trinajstić information content (AvgIpc) is 1.57. The number of hydrogen-bond acceptors (Lipinski definition) is 6. The highest BCUT2D eigenvalue weighted by Crippen LogP contribution is 2.45. The Morgan fingerprint density at radius 2 is 0.510 bits per heavy atom. The van der Waals surface area contributed by atoms with Crippen LogP contribution in [0.25, 0.3) is 167 Å². The quantitative estimate of drug-likeness (QED) is 0.120. The van der Waals surface area contributed by atoms with E-state index in [0.717, 1.165) is 138 Å². The molecule has 0 N–H and O–H groups in total. The summed E-state index contributed by atoms with van der Waals surface area (Å²) in [6.45, 7) is 0. The number of rotatable bonds is 12. The zero-order chi connectivity index (χ0) is 65.6. The van der Waals surface area contributed by atoms with E-state index in [4.69, 9.17) is 15.0 Å². The van der Waals surface area contributed by atoms with Gasteiger partial charge in [-0.15, -0.1) is 0 Å². The molecule has 0 amide bonds. The summed E-state index contributed by atoms with van der Waals surface area (Å²) >= 11 is 0. The lowest BCUT2D eigenvalue weighted by Gasteiger charge is -2.18. The van der Waals surface area contributed by atoms with Crippen molar-refractivity contribution in [1.29, 1.82) is 15.8 Å². The molecule has 0 saturated carbocycles. The molecule has 17 rings (SSSR count). The Morgan fingerprint density at radius 1 is 0.214 bits per heavy atom. The number of fused-ring (bicyclic) bond motifs is 6. The molecule has 14 aromatic carbocycles. The number of hydrogen-bond donors (Lipinski definition) is 0. The fourth-order valence-electron chi connectivity index (χ4n) is 14.0. The van der Waals surface area contributed by atoms with E-state index in [9.17, 15) is 15.8 Å². The Hall–Kier alpha value is -13.8. The molecule has 0 saturated heterocycles. The molecule has 8 heteroatoms. The van der Waals surface area contributed by atoms with Crippen molar-refractivity contribution in [2.24, 2.45) is 0 Å². The Morgan fingerprint density at radius 3 is 0.878 bits per heavy atom. The van der Waals surface area contributed by atoms with Gasteiger partial charge in [-0.1, -0.05) is 218 Å². The van der Waals surface area contributed by atoms with Gasteiger partial charge in [-0.2, -0.15) is 15.8 Å². The molecule has 8 nitrogen and oxygen atoms in total. The van der Waals surface area contributed by atoms with Crippen LogP contribution in [-0.4, -0.2) is 24.1 Å². The molecule has 0 bridgehead atoms. The van der Waals surface area contributed by atoms with E-state index in [1.807, 2.05) is 115 Å². The van der Waals surface area contributed by atoms with E-state index in [0.29, 0.717) is 45.3 Å². The van der Waals surface area contributed by atoms with E-state index in [1.54, 1.807) is 6.07 Å². The van der Waals surface area contributed by atoms with Crippen molar-refractivity contribution in [3.8, 4) is 142 Å². The van der Waals surface area contributed by atoms with Gasteiger partial charge in [-0.05, 0) is 165 Å². The maximum absolute atomic E-state index is 11.0. The lowest BCUT2D eigenvalue weighted by molar-refractivity contribution is 1.07. The SMILES string of the molecule is N#Cc1cccc(-c2ccc(-c3nc(-c4ccc(-n5c6ccc(-c7ccccc7)cc6c6cc(-c7ccccc7)ccc65)c(-c5ccccc5C#N)c4)nc(-c4ccc(-n5c6ccc(-c7ccccc7)cc6c6cc(-c7ccccc7)ccc65)c(-c5ccccc5C#N)c4)n3)cc2)c1. The summed E-state index contributed by atoms with van der Waals surface area (Å²) in [5.41, 5.74) is 23.4. The Kier molecular flexibility index (Phi) is 14.5. The molecular weight excluding hydrogens is 1190 g/mol. The number of aromatic nitrogens is 5. The van der Waals surface area contributed by atoms with Gasteiger partial charge >= 0.3 is 0 Å².